The second kappa shape index (κ2) is 5.47. The van der Waals surface area contributed by atoms with Gasteiger partial charge < -0.3 is 10.5 Å². The minimum atomic E-state index is 0.168. The number of hydrogen-bond donors (Lipinski definition) is 1. The van der Waals surface area contributed by atoms with Crippen LogP contribution in [-0.2, 0) is 12.0 Å². The molecule has 2 aromatic rings. The van der Waals surface area contributed by atoms with Crippen LogP contribution < -0.4 is 10.5 Å². The lowest BCUT2D eigenvalue weighted by Gasteiger charge is -2.15. The highest BCUT2D eigenvalue weighted by atomic mass is 35.5. The van der Waals surface area contributed by atoms with E-state index in [0.29, 0.717) is 18.2 Å². The molecule has 0 unspecified atom stereocenters. The van der Waals surface area contributed by atoms with Gasteiger partial charge in [-0.1, -0.05) is 48.0 Å². The average Bonchev–Trinajstić information content (AvgIpc) is 3.28. The van der Waals surface area contributed by atoms with E-state index < -0.39 is 0 Å². The Morgan fingerprint density at radius 1 is 1.10 bits per heavy atom. The van der Waals surface area contributed by atoms with E-state index in [4.69, 9.17) is 22.1 Å². The van der Waals surface area contributed by atoms with Crippen LogP contribution in [0.2, 0.25) is 5.02 Å². The Morgan fingerprint density at radius 3 is 2.45 bits per heavy atom. The SMILES string of the molecule is NCC1(c2ccc(OCc3ccccc3)c(Cl)c2)CC1. The van der Waals surface area contributed by atoms with Crippen molar-refractivity contribution in [2.75, 3.05) is 6.54 Å². The van der Waals surface area contributed by atoms with Crippen molar-refractivity contribution in [1.82, 2.24) is 0 Å². The molecule has 0 aliphatic heterocycles. The molecular formula is C17H18ClNO. The Hall–Kier alpha value is -1.51. The summed E-state index contributed by atoms with van der Waals surface area (Å²) < 4.78 is 5.78. The molecule has 3 rings (SSSR count). The Kier molecular flexibility index (Phi) is 3.68. The summed E-state index contributed by atoms with van der Waals surface area (Å²) in [5.74, 6) is 0.729. The monoisotopic (exact) mass is 287 g/mol. The van der Waals surface area contributed by atoms with Gasteiger partial charge in [-0.15, -0.1) is 0 Å². The second-order valence-corrected chi connectivity index (χ2v) is 5.81. The fraction of sp³-hybridized carbons (Fsp3) is 0.294. The second-order valence-electron chi connectivity index (χ2n) is 5.40. The Balaban J connectivity index is 1.72. The molecular weight excluding hydrogens is 270 g/mol. The average molecular weight is 288 g/mol. The molecule has 20 heavy (non-hydrogen) atoms. The van der Waals surface area contributed by atoms with E-state index in [0.717, 1.165) is 24.2 Å². The third kappa shape index (κ3) is 2.67. The van der Waals surface area contributed by atoms with Crippen molar-refractivity contribution in [2.45, 2.75) is 24.9 Å². The first-order valence-electron chi connectivity index (χ1n) is 6.90. The van der Waals surface area contributed by atoms with Gasteiger partial charge in [-0.3, -0.25) is 0 Å². The maximum atomic E-state index is 6.32. The highest BCUT2D eigenvalue weighted by Gasteiger charge is 2.42. The van der Waals surface area contributed by atoms with E-state index >= 15 is 0 Å². The van der Waals surface area contributed by atoms with Crippen molar-refractivity contribution in [3.8, 4) is 5.75 Å². The number of rotatable bonds is 5. The summed E-state index contributed by atoms with van der Waals surface area (Å²) in [4.78, 5) is 0. The maximum Gasteiger partial charge on any atom is 0.138 e. The summed E-state index contributed by atoms with van der Waals surface area (Å²) in [6.07, 6.45) is 2.31. The van der Waals surface area contributed by atoms with Crippen LogP contribution >= 0.6 is 11.6 Å². The van der Waals surface area contributed by atoms with Crippen LogP contribution in [0.25, 0.3) is 0 Å². The van der Waals surface area contributed by atoms with Crippen molar-refractivity contribution in [3.63, 3.8) is 0 Å². The minimum Gasteiger partial charge on any atom is -0.487 e. The van der Waals surface area contributed by atoms with E-state index in [1.807, 2.05) is 42.5 Å². The standard InChI is InChI=1S/C17H18ClNO/c18-15-10-14(17(12-19)8-9-17)6-7-16(15)20-11-13-4-2-1-3-5-13/h1-7,10H,8-9,11-12,19H2. The molecule has 2 N–H and O–H groups in total. The summed E-state index contributed by atoms with van der Waals surface area (Å²) in [7, 11) is 0. The van der Waals surface area contributed by atoms with Gasteiger partial charge in [-0.05, 0) is 36.1 Å². The molecule has 0 saturated heterocycles. The zero-order chi connectivity index (χ0) is 14.0. The molecule has 104 valence electrons. The fourth-order valence-corrected chi connectivity index (χ4v) is 2.68. The Labute approximate surface area is 124 Å². The van der Waals surface area contributed by atoms with Crippen LogP contribution in [0.1, 0.15) is 24.0 Å². The van der Waals surface area contributed by atoms with E-state index in [2.05, 4.69) is 6.07 Å². The number of ether oxygens (including phenoxy) is 1. The Morgan fingerprint density at radius 2 is 1.85 bits per heavy atom. The molecule has 0 aromatic heterocycles. The summed E-state index contributed by atoms with van der Waals surface area (Å²) in [6.45, 7) is 1.22. The predicted octanol–water partition coefficient (Wildman–Crippen LogP) is 3.91. The first-order valence-corrected chi connectivity index (χ1v) is 7.28. The number of hydrogen-bond acceptors (Lipinski definition) is 2. The zero-order valence-electron chi connectivity index (χ0n) is 11.3. The molecule has 1 saturated carbocycles. The van der Waals surface area contributed by atoms with Gasteiger partial charge in [0, 0.05) is 12.0 Å². The maximum absolute atomic E-state index is 6.32. The molecule has 0 atom stereocenters. The van der Waals surface area contributed by atoms with Gasteiger partial charge in [0.15, 0.2) is 0 Å². The van der Waals surface area contributed by atoms with Crippen LogP contribution in [0, 0.1) is 0 Å². The van der Waals surface area contributed by atoms with Gasteiger partial charge >= 0.3 is 0 Å². The van der Waals surface area contributed by atoms with E-state index in [-0.39, 0.29) is 5.41 Å². The molecule has 0 spiro atoms. The fourth-order valence-electron chi connectivity index (χ4n) is 2.44. The lowest BCUT2D eigenvalue weighted by Crippen LogP contribution is -2.19. The van der Waals surface area contributed by atoms with Gasteiger partial charge in [-0.25, -0.2) is 0 Å². The van der Waals surface area contributed by atoms with Crippen molar-refractivity contribution >= 4 is 11.6 Å². The highest BCUT2D eigenvalue weighted by Crippen LogP contribution is 2.48. The lowest BCUT2D eigenvalue weighted by molar-refractivity contribution is 0.306. The van der Waals surface area contributed by atoms with Crippen LogP contribution in [0.3, 0.4) is 0 Å². The van der Waals surface area contributed by atoms with Crippen LogP contribution in [-0.4, -0.2) is 6.54 Å². The smallest absolute Gasteiger partial charge is 0.138 e. The normalized spacial score (nSPS) is 15.9. The number of nitrogens with two attached hydrogens (primary N) is 1. The molecule has 0 heterocycles. The molecule has 3 heteroatoms. The van der Waals surface area contributed by atoms with Gasteiger partial charge in [0.2, 0.25) is 0 Å². The third-order valence-electron chi connectivity index (χ3n) is 4.03. The minimum absolute atomic E-state index is 0.168. The van der Waals surface area contributed by atoms with E-state index in [9.17, 15) is 0 Å². The largest absolute Gasteiger partial charge is 0.487 e. The molecule has 1 fully saturated rings. The van der Waals surface area contributed by atoms with Crippen LogP contribution in [0.4, 0.5) is 0 Å². The third-order valence-corrected chi connectivity index (χ3v) is 4.32. The zero-order valence-corrected chi connectivity index (χ0v) is 12.1. The quantitative estimate of drug-likeness (QED) is 0.905. The van der Waals surface area contributed by atoms with Gasteiger partial charge in [0.25, 0.3) is 0 Å². The van der Waals surface area contributed by atoms with Crippen LogP contribution in [0.5, 0.6) is 5.75 Å². The molecule has 0 radical (unpaired) electrons. The van der Waals surface area contributed by atoms with Gasteiger partial charge in [-0.2, -0.15) is 0 Å². The van der Waals surface area contributed by atoms with E-state index in [1.165, 1.54) is 5.56 Å². The summed E-state index contributed by atoms with van der Waals surface area (Å²) in [5.41, 5.74) is 8.38. The first-order chi connectivity index (χ1) is 9.73. The van der Waals surface area contributed by atoms with Crippen molar-refractivity contribution in [1.29, 1.82) is 0 Å². The molecule has 2 aromatic carbocycles. The molecule has 1 aliphatic rings. The number of benzene rings is 2. The first kappa shape index (κ1) is 13.5. The molecule has 0 bridgehead atoms. The van der Waals surface area contributed by atoms with Crippen LogP contribution in [0.15, 0.2) is 48.5 Å². The highest BCUT2D eigenvalue weighted by molar-refractivity contribution is 6.32. The topological polar surface area (TPSA) is 35.2 Å². The Bertz CT molecular complexity index is 593. The summed E-state index contributed by atoms with van der Waals surface area (Å²) in [6, 6.07) is 16.1. The summed E-state index contributed by atoms with van der Waals surface area (Å²) in [5, 5.41) is 0.665. The molecule has 2 nitrogen and oxygen atoms in total. The number of halogens is 1. The van der Waals surface area contributed by atoms with Crippen molar-refractivity contribution < 1.29 is 4.74 Å². The lowest BCUT2D eigenvalue weighted by atomic mass is 9.96. The predicted molar refractivity (Wildman–Crippen MR) is 82.2 cm³/mol. The molecule has 1 aliphatic carbocycles. The van der Waals surface area contributed by atoms with Crippen molar-refractivity contribution in [2.24, 2.45) is 5.73 Å². The van der Waals surface area contributed by atoms with Crippen molar-refractivity contribution in [3.05, 3.63) is 64.7 Å². The van der Waals surface area contributed by atoms with Gasteiger partial charge in [0.1, 0.15) is 12.4 Å². The summed E-state index contributed by atoms with van der Waals surface area (Å²) >= 11 is 6.32. The molecule has 0 amide bonds. The van der Waals surface area contributed by atoms with E-state index in [1.54, 1.807) is 0 Å². The van der Waals surface area contributed by atoms with Gasteiger partial charge in [0.05, 0.1) is 5.02 Å².